The summed E-state index contributed by atoms with van der Waals surface area (Å²) in [6.45, 7) is 0.614. The molecule has 0 unspecified atom stereocenters. The largest absolute Gasteiger partial charge is 0.453 e. The Morgan fingerprint density at radius 2 is 2.36 bits per heavy atom. The van der Waals surface area contributed by atoms with Gasteiger partial charge in [0.2, 0.25) is 0 Å². The van der Waals surface area contributed by atoms with E-state index in [2.05, 4.69) is 10.1 Å². The van der Waals surface area contributed by atoms with Gasteiger partial charge in [0, 0.05) is 12.1 Å². The number of carbonyl (C=O) groups excluding carboxylic acids is 1. The standard InChI is InChI=1S/C7H14N2O2/c1-11-6(10)9-5-4-7(8)2-3-7/h2-5,8H2,1H3,(H,9,10). The Kier molecular flexibility index (Phi) is 2.34. The molecule has 0 spiro atoms. The highest BCUT2D eigenvalue weighted by atomic mass is 16.5. The fourth-order valence-corrected chi connectivity index (χ4v) is 0.896. The molecule has 11 heavy (non-hydrogen) atoms. The lowest BCUT2D eigenvalue weighted by molar-refractivity contribution is 0.170. The van der Waals surface area contributed by atoms with E-state index >= 15 is 0 Å². The lowest BCUT2D eigenvalue weighted by atomic mass is 10.2. The first-order chi connectivity index (χ1) is 5.16. The van der Waals surface area contributed by atoms with Gasteiger partial charge in [0.1, 0.15) is 0 Å². The Morgan fingerprint density at radius 3 is 2.82 bits per heavy atom. The third kappa shape index (κ3) is 2.76. The first-order valence-corrected chi connectivity index (χ1v) is 3.77. The van der Waals surface area contributed by atoms with Gasteiger partial charge in [-0.25, -0.2) is 4.79 Å². The van der Waals surface area contributed by atoms with Gasteiger partial charge >= 0.3 is 6.09 Å². The van der Waals surface area contributed by atoms with Gasteiger partial charge in [-0.3, -0.25) is 0 Å². The van der Waals surface area contributed by atoms with Crippen molar-refractivity contribution in [1.82, 2.24) is 5.32 Å². The lowest BCUT2D eigenvalue weighted by Gasteiger charge is -2.07. The first-order valence-electron chi connectivity index (χ1n) is 3.77. The van der Waals surface area contributed by atoms with Gasteiger partial charge in [-0.15, -0.1) is 0 Å². The van der Waals surface area contributed by atoms with Crippen molar-refractivity contribution in [2.45, 2.75) is 24.8 Å². The molecule has 1 saturated carbocycles. The second kappa shape index (κ2) is 3.09. The van der Waals surface area contributed by atoms with E-state index in [0.29, 0.717) is 6.54 Å². The molecule has 1 rings (SSSR count). The minimum atomic E-state index is -0.380. The van der Waals surface area contributed by atoms with E-state index in [0.717, 1.165) is 19.3 Å². The van der Waals surface area contributed by atoms with Crippen molar-refractivity contribution >= 4 is 6.09 Å². The normalized spacial score (nSPS) is 19.1. The molecule has 4 heteroatoms. The van der Waals surface area contributed by atoms with E-state index in [1.165, 1.54) is 7.11 Å². The second-order valence-electron chi connectivity index (χ2n) is 3.03. The maximum absolute atomic E-state index is 10.5. The van der Waals surface area contributed by atoms with Gasteiger partial charge in [0.15, 0.2) is 0 Å². The van der Waals surface area contributed by atoms with Crippen molar-refractivity contribution < 1.29 is 9.53 Å². The number of hydrogen-bond acceptors (Lipinski definition) is 3. The predicted octanol–water partition coefficient (Wildman–Crippen LogP) is 0.224. The van der Waals surface area contributed by atoms with Gasteiger partial charge in [-0.05, 0) is 19.3 Å². The number of hydrogen-bond donors (Lipinski definition) is 2. The van der Waals surface area contributed by atoms with Crippen LogP contribution in [0.2, 0.25) is 0 Å². The maximum Gasteiger partial charge on any atom is 0.406 e. The molecule has 0 aromatic carbocycles. The lowest BCUT2D eigenvalue weighted by Crippen LogP contribution is -2.31. The fraction of sp³-hybridized carbons (Fsp3) is 0.857. The molecule has 0 bridgehead atoms. The molecule has 1 aliphatic carbocycles. The third-order valence-electron chi connectivity index (χ3n) is 1.97. The molecule has 1 aliphatic rings. The van der Waals surface area contributed by atoms with E-state index < -0.39 is 0 Å². The predicted molar refractivity (Wildman–Crippen MR) is 41.2 cm³/mol. The molecule has 0 heterocycles. The average Bonchev–Trinajstić information content (AvgIpc) is 2.68. The van der Waals surface area contributed by atoms with Gasteiger partial charge in [0.25, 0.3) is 0 Å². The number of methoxy groups -OCH3 is 1. The van der Waals surface area contributed by atoms with E-state index in [4.69, 9.17) is 5.73 Å². The smallest absolute Gasteiger partial charge is 0.406 e. The maximum atomic E-state index is 10.5. The van der Waals surface area contributed by atoms with Crippen LogP contribution >= 0.6 is 0 Å². The zero-order valence-corrected chi connectivity index (χ0v) is 6.72. The van der Waals surface area contributed by atoms with Gasteiger partial charge in [-0.2, -0.15) is 0 Å². The van der Waals surface area contributed by atoms with E-state index in [-0.39, 0.29) is 11.6 Å². The third-order valence-corrected chi connectivity index (χ3v) is 1.97. The van der Waals surface area contributed by atoms with Crippen LogP contribution < -0.4 is 11.1 Å². The summed E-state index contributed by atoms with van der Waals surface area (Å²) in [7, 11) is 1.35. The summed E-state index contributed by atoms with van der Waals surface area (Å²) in [5, 5.41) is 2.59. The van der Waals surface area contributed by atoms with E-state index in [1.54, 1.807) is 0 Å². The Hall–Kier alpha value is -0.770. The monoisotopic (exact) mass is 158 g/mol. The SMILES string of the molecule is COC(=O)NCCC1(N)CC1. The summed E-state index contributed by atoms with van der Waals surface area (Å²) in [6.07, 6.45) is 2.63. The number of alkyl carbamates (subject to hydrolysis) is 1. The van der Waals surface area contributed by atoms with Crippen LogP contribution in [-0.4, -0.2) is 25.3 Å². The molecule has 0 aromatic heterocycles. The van der Waals surface area contributed by atoms with Gasteiger partial charge in [0.05, 0.1) is 7.11 Å². The molecule has 0 aliphatic heterocycles. The number of carbonyl (C=O) groups is 1. The molecule has 0 aromatic rings. The highest BCUT2D eigenvalue weighted by Crippen LogP contribution is 2.34. The number of amides is 1. The van der Waals surface area contributed by atoms with Crippen LogP contribution in [0.15, 0.2) is 0 Å². The Labute approximate surface area is 66.1 Å². The topological polar surface area (TPSA) is 64.3 Å². The molecular weight excluding hydrogens is 144 g/mol. The summed E-state index contributed by atoms with van der Waals surface area (Å²) in [6, 6.07) is 0. The van der Waals surface area contributed by atoms with Gasteiger partial charge < -0.3 is 15.8 Å². The average molecular weight is 158 g/mol. The van der Waals surface area contributed by atoms with Crippen molar-refractivity contribution in [2.24, 2.45) is 5.73 Å². The number of nitrogens with one attached hydrogen (secondary N) is 1. The Morgan fingerprint density at radius 1 is 1.73 bits per heavy atom. The number of rotatable bonds is 3. The van der Waals surface area contributed by atoms with Crippen LogP contribution in [0.4, 0.5) is 4.79 Å². The second-order valence-corrected chi connectivity index (χ2v) is 3.03. The van der Waals surface area contributed by atoms with Gasteiger partial charge in [-0.1, -0.05) is 0 Å². The summed E-state index contributed by atoms with van der Waals surface area (Å²) < 4.78 is 4.39. The molecule has 64 valence electrons. The highest BCUT2D eigenvalue weighted by molar-refractivity contribution is 5.66. The first kappa shape index (κ1) is 8.33. The minimum absolute atomic E-state index is 0.0149. The Bertz CT molecular complexity index is 155. The summed E-state index contributed by atoms with van der Waals surface area (Å²) >= 11 is 0. The van der Waals surface area contributed by atoms with Crippen molar-refractivity contribution in [3.05, 3.63) is 0 Å². The minimum Gasteiger partial charge on any atom is -0.453 e. The van der Waals surface area contributed by atoms with Crippen molar-refractivity contribution in [1.29, 1.82) is 0 Å². The molecule has 0 saturated heterocycles. The quantitative estimate of drug-likeness (QED) is 0.617. The number of nitrogens with two attached hydrogens (primary N) is 1. The van der Waals surface area contributed by atoms with Crippen molar-refractivity contribution in [3.63, 3.8) is 0 Å². The van der Waals surface area contributed by atoms with E-state index in [9.17, 15) is 4.79 Å². The van der Waals surface area contributed by atoms with Crippen molar-refractivity contribution in [2.75, 3.05) is 13.7 Å². The highest BCUT2D eigenvalue weighted by Gasteiger charge is 2.37. The Balaban J connectivity index is 2.00. The molecule has 1 amide bonds. The zero-order valence-electron chi connectivity index (χ0n) is 6.72. The fourth-order valence-electron chi connectivity index (χ4n) is 0.896. The number of ether oxygens (including phenoxy) is 1. The molecule has 1 fully saturated rings. The van der Waals surface area contributed by atoms with Crippen LogP contribution in [0, 0.1) is 0 Å². The van der Waals surface area contributed by atoms with Crippen LogP contribution in [0.5, 0.6) is 0 Å². The van der Waals surface area contributed by atoms with Crippen LogP contribution in [-0.2, 0) is 4.74 Å². The summed E-state index contributed by atoms with van der Waals surface area (Å²) in [5.74, 6) is 0. The molecule has 0 atom stereocenters. The van der Waals surface area contributed by atoms with E-state index in [1.807, 2.05) is 0 Å². The van der Waals surface area contributed by atoms with Crippen LogP contribution in [0.25, 0.3) is 0 Å². The summed E-state index contributed by atoms with van der Waals surface area (Å²) in [4.78, 5) is 10.5. The van der Waals surface area contributed by atoms with Crippen LogP contribution in [0.1, 0.15) is 19.3 Å². The zero-order chi connectivity index (χ0) is 8.32. The summed E-state index contributed by atoms with van der Waals surface area (Å²) in [5.41, 5.74) is 5.80. The molecule has 4 nitrogen and oxygen atoms in total. The molecular formula is C7H14N2O2. The molecule has 3 N–H and O–H groups in total. The van der Waals surface area contributed by atoms with Crippen LogP contribution in [0.3, 0.4) is 0 Å². The van der Waals surface area contributed by atoms with Crippen molar-refractivity contribution in [3.8, 4) is 0 Å². The molecule has 0 radical (unpaired) electrons.